The molecule has 90 valence electrons. The first-order valence-electron chi connectivity index (χ1n) is 5.25. The van der Waals surface area contributed by atoms with Crippen molar-refractivity contribution in [1.82, 2.24) is 20.8 Å². The van der Waals surface area contributed by atoms with Gasteiger partial charge in [-0.3, -0.25) is 10.1 Å². The van der Waals surface area contributed by atoms with Crippen LogP contribution in [0.25, 0.3) is 0 Å². The van der Waals surface area contributed by atoms with E-state index >= 15 is 0 Å². The second-order valence-corrected chi connectivity index (χ2v) is 3.97. The largest absolute Gasteiger partial charge is 0.353 e. The Morgan fingerprint density at radius 1 is 1.69 bits per heavy atom. The van der Waals surface area contributed by atoms with Gasteiger partial charge in [-0.05, 0) is 18.4 Å². The average molecular weight is 335 g/mol. The van der Waals surface area contributed by atoms with Crippen LogP contribution < -0.4 is 10.6 Å². The van der Waals surface area contributed by atoms with Crippen LogP contribution in [0.15, 0.2) is 17.3 Å². The van der Waals surface area contributed by atoms with Crippen molar-refractivity contribution < 1.29 is 0 Å². The fourth-order valence-electron chi connectivity index (χ4n) is 1.46. The van der Waals surface area contributed by atoms with Crippen LogP contribution in [0.3, 0.4) is 0 Å². The zero-order valence-electron chi connectivity index (χ0n) is 9.53. The molecule has 3 N–H and O–H groups in total. The molecular formula is C10H18IN5. The average Bonchev–Trinajstić information content (AvgIpc) is 2.74. The summed E-state index contributed by atoms with van der Waals surface area (Å²) in [7, 11) is 1.79. The summed E-state index contributed by atoms with van der Waals surface area (Å²) < 4.78 is 0. The van der Waals surface area contributed by atoms with Gasteiger partial charge in [0.15, 0.2) is 5.96 Å². The van der Waals surface area contributed by atoms with Crippen LogP contribution in [0.2, 0.25) is 0 Å². The standard InChI is InChI=1S/C10H17N5.HI/c1-7-5-9(7)14-10(11-2)12-6-8-3-4-13-15-8;/h3-4,7,9H,5-6H2,1-2H3,(H,13,15)(H2,11,12,14);1H. The van der Waals surface area contributed by atoms with Gasteiger partial charge in [-0.2, -0.15) is 5.10 Å². The maximum absolute atomic E-state index is 4.16. The fourth-order valence-corrected chi connectivity index (χ4v) is 1.46. The number of halogens is 1. The molecule has 0 bridgehead atoms. The summed E-state index contributed by atoms with van der Waals surface area (Å²) in [6, 6.07) is 2.54. The minimum absolute atomic E-state index is 0. The number of hydrogen-bond donors (Lipinski definition) is 3. The van der Waals surface area contributed by atoms with Crippen LogP contribution in [0, 0.1) is 5.92 Å². The van der Waals surface area contributed by atoms with E-state index in [1.807, 2.05) is 6.07 Å². The normalized spacial score (nSPS) is 23.5. The number of guanidine groups is 1. The molecule has 1 aromatic rings. The van der Waals surface area contributed by atoms with Gasteiger partial charge in [0.25, 0.3) is 0 Å². The quantitative estimate of drug-likeness (QED) is 0.440. The third-order valence-corrected chi connectivity index (χ3v) is 2.66. The van der Waals surface area contributed by atoms with Gasteiger partial charge in [0, 0.05) is 19.3 Å². The Hall–Kier alpha value is -0.790. The highest BCUT2D eigenvalue weighted by molar-refractivity contribution is 14.0. The van der Waals surface area contributed by atoms with E-state index in [2.05, 4.69) is 32.7 Å². The van der Waals surface area contributed by atoms with E-state index in [0.29, 0.717) is 6.04 Å². The number of aromatic nitrogens is 2. The van der Waals surface area contributed by atoms with Crippen LogP contribution in [0.4, 0.5) is 0 Å². The Morgan fingerprint density at radius 2 is 2.44 bits per heavy atom. The molecule has 1 aliphatic rings. The number of aromatic amines is 1. The summed E-state index contributed by atoms with van der Waals surface area (Å²) in [6.45, 7) is 2.96. The third-order valence-electron chi connectivity index (χ3n) is 2.66. The van der Waals surface area contributed by atoms with E-state index in [-0.39, 0.29) is 24.0 Å². The first kappa shape index (κ1) is 13.3. The van der Waals surface area contributed by atoms with Gasteiger partial charge in [0.05, 0.1) is 12.2 Å². The molecule has 1 aromatic heterocycles. The first-order chi connectivity index (χ1) is 7.29. The van der Waals surface area contributed by atoms with Crippen LogP contribution in [0.5, 0.6) is 0 Å². The molecule has 1 heterocycles. The van der Waals surface area contributed by atoms with Crippen molar-refractivity contribution in [1.29, 1.82) is 0 Å². The lowest BCUT2D eigenvalue weighted by Crippen LogP contribution is -2.38. The fraction of sp³-hybridized carbons (Fsp3) is 0.600. The lowest BCUT2D eigenvalue weighted by atomic mass is 10.4. The van der Waals surface area contributed by atoms with E-state index in [1.54, 1.807) is 13.2 Å². The third kappa shape index (κ3) is 3.66. The van der Waals surface area contributed by atoms with E-state index in [0.717, 1.165) is 24.1 Å². The van der Waals surface area contributed by atoms with Gasteiger partial charge in [-0.15, -0.1) is 24.0 Å². The lowest BCUT2D eigenvalue weighted by molar-refractivity contribution is 0.754. The highest BCUT2D eigenvalue weighted by Crippen LogP contribution is 2.28. The zero-order valence-corrected chi connectivity index (χ0v) is 11.9. The minimum atomic E-state index is 0. The van der Waals surface area contributed by atoms with E-state index in [1.165, 1.54) is 6.42 Å². The molecule has 2 unspecified atom stereocenters. The van der Waals surface area contributed by atoms with E-state index in [9.17, 15) is 0 Å². The summed E-state index contributed by atoms with van der Waals surface area (Å²) in [5.41, 5.74) is 1.06. The van der Waals surface area contributed by atoms with Crippen molar-refractivity contribution in [3.8, 4) is 0 Å². The summed E-state index contributed by atoms with van der Waals surface area (Å²) in [5.74, 6) is 1.63. The van der Waals surface area contributed by atoms with Crippen molar-refractivity contribution >= 4 is 29.9 Å². The minimum Gasteiger partial charge on any atom is -0.353 e. The lowest BCUT2D eigenvalue weighted by Gasteiger charge is -2.10. The summed E-state index contributed by atoms with van der Waals surface area (Å²) in [5, 5.41) is 13.4. The Morgan fingerprint density at radius 3 is 2.94 bits per heavy atom. The van der Waals surface area contributed by atoms with E-state index in [4.69, 9.17) is 0 Å². The van der Waals surface area contributed by atoms with Gasteiger partial charge < -0.3 is 10.6 Å². The number of hydrogen-bond acceptors (Lipinski definition) is 2. The van der Waals surface area contributed by atoms with Crippen molar-refractivity contribution in [3.05, 3.63) is 18.0 Å². The topological polar surface area (TPSA) is 65.1 Å². The number of nitrogens with zero attached hydrogens (tertiary/aromatic N) is 2. The van der Waals surface area contributed by atoms with Crippen LogP contribution in [-0.2, 0) is 6.54 Å². The predicted molar refractivity (Wildman–Crippen MR) is 74.9 cm³/mol. The first-order valence-corrected chi connectivity index (χ1v) is 5.25. The van der Waals surface area contributed by atoms with Gasteiger partial charge >= 0.3 is 0 Å². The van der Waals surface area contributed by atoms with Crippen LogP contribution >= 0.6 is 24.0 Å². The molecule has 2 atom stereocenters. The predicted octanol–water partition coefficient (Wildman–Crippen LogP) is 1.10. The second-order valence-electron chi connectivity index (χ2n) is 3.97. The smallest absolute Gasteiger partial charge is 0.191 e. The molecule has 0 saturated heterocycles. The second kappa shape index (κ2) is 6.07. The van der Waals surface area contributed by atoms with Crippen molar-refractivity contribution in [2.75, 3.05) is 7.05 Å². The Labute approximate surface area is 113 Å². The van der Waals surface area contributed by atoms with Crippen LogP contribution in [0.1, 0.15) is 19.0 Å². The van der Waals surface area contributed by atoms with Crippen LogP contribution in [-0.4, -0.2) is 29.2 Å². The van der Waals surface area contributed by atoms with Crippen molar-refractivity contribution in [3.63, 3.8) is 0 Å². The van der Waals surface area contributed by atoms with Crippen molar-refractivity contribution in [2.24, 2.45) is 10.9 Å². The number of nitrogens with one attached hydrogen (secondary N) is 3. The molecule has 2 rings (SSSR count). The molecule has 0 aliphatic heterocycles. The van der Waals surface area contributed by atoms with Gasteiger partial charge in [0.1, 0.15) is 0 Å². The number of H-pyrrole nitrogens is 1. The van der Waals surface area contributed by atoms with Gasteiger partial charge in [-0.1, -0.05) is 6.92 Å². The molecule has 0 radical (unpaired) electrons. The van der Waals surface area contributed by atoms with Crippen molar-refractivity contribution in [2.45, 2.75) is 25.9 Å². The number of aliphatic imine (C=N–C) groups is 1. The molecule has 16 heavy (non-hydrogen) atoms. The highest BCUT2D eigenvalue weighted by atomic mass is 127. The molecule has 0 spiro atoms. The molecule has 0 amide bonds. The zero-order chi connectivity index (χ0) is 10.7. The SMILES string of the molecule is CN=C(NCc1ccn[nH]1)NC1CC1C.I. The number of rotatable bonds is 3. The summed E-state index contributed by atoms with van der Waals surface area (Å²) >= 11 is 0. The maximum Gasteiger partial charge on any atom is 0.191 e. The summed E-state index contributed by atoms with van der Waals surface area (Å²) in [6.07, 6.45) is 2.99. The Bertz CT molecular complexity index is 335. The molecular weight excluding hydrogens is 317 g/mol. The summed E-state index contributed by atoms with van der Waals surface area (Å²) in [4.78, 5) is 4.16. The monoisotopic (exact) mass is 335 g/mol. The highest BCUT2D eigenvalue weighted by Gasteiger charge is 2.33. The molecule has 1 aliphatic carbocycles. The molecule has 5 nitrogen and oxygen atoms in total. The van der Waals surface area contributed by atoms with Gasteiger partial charge in [-0.25, -0.2) is 0 Å². The maximum atomic E-state index is 4.16. The molecule has 1 fully saturated rings. The molecule has 1 saturated carbocycles. The molecule has 6 heteroatoms. The Balaban J connectivity index is 0.00000128. The van der Waals surface area contributed by atoms with E-state index < -0.39 is 0 Å². The molecule has 0 aromatic carbocycles. The van der Waals surface area contributed by atoms with Gasteiger partial charge in [0.2, 0.25) is 0 Å². The Kier molecular flexibility index (Phi) is 5.04.